The van der Waals surface area contributed by atoms with Crippen LogP contribution >= 0.6 is 51.5 Å². The summed E-state index contributed by atoms with van der Waals surface area (Å²) in [5, 5.41) is 4.56. The lowest BCUT2D eigenvalue weighted by Gasteiger charge is -2.15. The lowest BCUT2D eigenvalue weighted by atomic mass is 10.2. The topological polar surface area (TPSA) is 43.4 Å². The maximum atomic E-state index is 6.22. The number of rotatable bonds is 8. The Kier molecular flexibility index (Phi) is 9.53. The minimum absolute atomic E-state index is 0. The van der Waals surface area contributed by atoms with Gasteiger partial charge in [-0.2, -0.15) is 0 Å². The highest BCUT2D eigenvalue weighted by atomic mass is 79.9. The molecule has 3 rings (SSSR count). The van der Waals surface area contributed by atoms with Gasteiger partial charge in [0.15, 0.2) is 11.5 Å². The van der Waals surface area contributed by atoms with Gasteiger partial charge in [0.25, 0.3) is 0 Å². The van der Waals surface area contributed by atoms with E-state index < -0.39 is 0 Å². The fourth-order valence-corrected chi connectivity index (χ4v) is 3.72. The smallest absolute Gasteiger partial charge is 0.175 e. The molecule has 0 saturated carbocycles. The number of aromatic nitrogens is 1. The van der Waals surface area contributed by atoms with Gasteiger partial charge in [0.05, 0.1) is 11.6 Å². The summed E-state index contributed by atoms with van der Waals surface area (Å²) in [6.07, 6.45) is 3.61. The highest BCUT2D eigenvalue weighted by Gasteiger charge is 2.13. The number of methoxy groups -OCH3 is 1. The van der Waals surface area contributed by atoms with Gasteiger partial charge < -0.3 is 14.8 Å². The van der Waals surface area contributed by atoms with Crippen LogP contribution in [-0.2, 0) is 19.7 Å². The van der Waals surface area contributed by atoms with Crippen molar-refractivity contribution < 1.29 is 9.47 Å². The van der Waals surface area contributed by atoms with E-state index in [4.69, 9.17) is 32.7 Å². The fourth-order valence-electron chi connectivity index (χ4n) is 2.66. The van der Waals surface area contributed by atoms with Crippen LogP contribution < -0.4 is 14.8 Å². The first-order chi connectivity index (χ1) is 13.6. The standard InChI is InChI=1S/C21H19BrCl2N2O2.ClH/c1-27-20-8-15(12-26-11-14-3-2-6-25-10-14)7-18(22)21(20)28-13-16-4-5-17(23)9-19(16)24;/h2-10,26H,11-13H2,1H3;1H. The number of hydrogen-bond acceptors (Lipinski definition) is 4. The molecule has 2 aromatic carbocycles. The summed E-state index contributed by atoms with van der Waals surface area (Å²) in [5.74, 6) is 1.28. The van der Waals surface area contributed by atoms with Crippen LogP contribution in [-0.4, -0.2) is 12.1 Å². The number of nitrogens with one attached hydrogen (secondary N) is 1. The van der Waals surface area contributed by atoms with Crippen molar-refractivity contribution in [2.24, 2.45) is 0 Å². The molecule has 0 fully saturated rings. The van der Waals surface area contributed by atoms with Gasteiger partial charge in [-0.1, -0.05) is 35.3 Å². The number of halogens is 4. The van der Waals surface area contributed by atoms with Crippen molar-refractivity contribution >= 4 is 51.5 Å². The maximum Gasteiger partial charge on any atom is 0.175 e. The number of hydrogen-bond donors (Lipinski definition) is 1. The first kappa shape index (κ1) is 23.8. The van der Waals surface area contributed by atoms with E-state index in [0.29, 0.717) is 34.7 Å². The van der Waals surface area contributed by atoms with Crippen molar-refractivity contribution in [3.8, 4) is 11.5 Å². The zero-order valence-electron chi connectivity index (χ0n) is 15.6. The summed E-state index contributed by atoms with van der Waals surface area (Å²) in [7, 11) is 1.62. The lowest BCUT2D eigenvalue weighted by molar-refractivity contribution is 0.282. The van der Waals surface area contributed by atoms with Crippen molar-refractivity contribution in [2.75, 3.05) is 7.11 Å². The van der Waals surface area contributed by atoms with Gasteiger partial charge in [-0.15, -0.1) is 12.4 Å². The molecule has 1 aromatic heterocycles. The summed E-state index contributed by atoms with van der Waals surface area (Å²) in [6, 6.07) is 13.3. The Hall–Kier alpha value is -1.50. The van der Waals surface area contributed by atoms with Crippen molar-refractivity contribution in [1.29, 1.82) is 0 Å². The van der Waals surface area contributed by atoms with Crippen molar-refractivity contribution in [1.82, 2.24) is 10.3 Å². The molecule has 1 N–H and O–H groups in total. The molecule has 3 aromatic rings. The van der Waals surface area contributed by atoms with E-state index in [-0.39, 0.29) is 12.4 Å². The number of nitrogens with zero attached hydrogens (tertiary/aromatic N) is 1. The van der Waals surface area contributed by atoms with E-state index in [1.54, 1.807) is 25.4 Å². The van der Waals surface area contributed by atoms with Crippen LogP contribution in [0.3, 0.4) is 0 Å². The van der Waals surface area contributed by atoms with Crippen LogP contribution in [0.4, 0.5) is 0 Å². The average Bonchev–Trinajstić information content (AvgIpc) is 2.69. The van der Waals surface area contributed by atoms with Gasteiger partial charge in [0, 0.05) is 41.1 Å². The van der Waals surface area contributed by atoms with Crippen LogP contribution in [0.15, 0.2) is 59.3 Å². The van der Waals surface area contributed by atoms with Crippen LogP contribution in [0.25, 0.3) is 0 Å². The molecule has 0 atom stereocenters. The predicted molar refractivity (Wildman–Crippen MR) is 124 cm³/mol. The molecule has 0 saturated heterocycles. The molecule has 0 spiro atoms. The minimum Gasteiger partial charge on any atom is -0.493 e. The second-order valence-corrected chi connectivity index (χ2v) is 7.80. The number of benzene rings is 2. The Morgan fingerprint density at radius 2 is 1.86 bits per heavy atom. The summed E-state index contributed by atoms with van der Waals surface area (Å²) in [4.78, 5) is 4.12. The Labute approximate surface area is 195 Å². The molecule has 0 aliphatic rings. The average molecular weight is 519 g/mol. The molecule has 4 nitrogen and oxygen atoms in total. The third-order valence-corrected chi connectivity index (χ3v) is 5.23. The third kappa shape index (κ3) is 6.76. The predicted octanol–water partition coefficient (Wildman–Crippen LogP) is 6.45. The monoisotopic (exact) mass is 516 g/mol. The van der Waals surface area contributed by atoms with E-state index in [1.165, 1.54) is 0 Å². The van der Waals surface area contributed by atoms with E-state index in [9.17, 15) is 0 Å². The first-order valence-electron chi connectivity index (χ1n) is 8.59. The van der Waals surface area contributed by atoms with Gasteiger partial charge in [0.2, 0.25) is 0 Å². The largest absolute Gasteiger partial charge is 0.493 e. The lowest BCUT2D eigenvalue weighted by Crippen LogP contribution is -2.13. The van der Waals surface area contributed by atoms with Crippen LogP contribution in [0.2, 0.25) is 10.0 Å². The number of ether oxygens (including phenoxy) is 2. The summed E-state index contributed by atoms with van der Waals surface area (Å²) >= 11 is 15.7. The van der Waals surface area contributed by atoms with Crippen molar-refractivity contribution in [2.45, 2.75) is 19.7 Å². The minimum atomic E-state index is 0. The fraction of sp³-hybridized carbons (Fsp3) is 0.190. The molecule has 1 heterocycles. The van der Waals surface area contributed by atoms with Gasteiger partial charge in [0.1, 0.15) is 6.61 Å². The highest BCUT2D eigenvalue weighted by Crippen LogP contribution is 2.37. The molecule has 0 amide bonds. The van der Waals surface area contributed by atoms with Crippen LogP contribution in [0, 0.1) is 0 Å². The zero-order valence-corrected chi connectivity index (χ0v) is 19.5. The molecular weight excluding hydrogens is 499 g/mol. The van der Waals surface area contributed by atoms with Gasteiger partial charge >= 0.3 is 0 Å². The first-order valence-corrected chi connectivity index (χ1v) is 10.1. The van der Waals surface area contributed by atoms with E-state index >= 15 is 0 Å². The SMILES string of the molecule is COc1cc(CNCc2cccnc2)cc(Br)c1OCc1ccc(Cl)cc1Cl.Cl. The quantitative estimate of drug-likeness (QED) is 0.372. The normalized spacial score (nSPS) is 10.3. The number of pyridine rings is 1. The van der Waals surface area contributed by atoms with E-state index in [1.807, 2.05) is 36.5 Å². The molecule has 8 heteroatoms. The Morgan fingerprint density at radius 3 is 2.55 bits per heavy atom. The van der Waals surface area contributed by atoms with Gasteiger partial charge in [-0.05, 0) is 57.4 Å². The Bertz CT molecular complexity index is 943. The summed E-state index contributed by atoms with van der Waals surface area (Å²) < 4.78 is 12.3. The van der Waals surface area contributed by atoms with E-state index in [0.717, 1.165) is 27.7 Å². The molecule has 0 bridgehead atoms. The molecular formula is C21H20BrCl3N2O2. The zero-order chi connectivity index (χ0) is 19.9. The Balaban J connectivity index is 0.00000300. The Morgan fingerprint density at radius 1 is 1.07 bits per heavy atom. The maximum absolute atomic E-state index is 6.22. The third-order valence-electron chi connectivity index (χ3n) is 4.06. The highest BCUT2D eigenvalue weighted by molar-refractivity contribution is 9.10. The van der Waals surface area contributed by atoms with Crippen molar-refractivity contribution in [3.63, 3.8) is 0 Å². The molecule has 0 unspecified atom stereocenters. The summed E-state index contributed by atoms with van der Waals surface area (Å²) in [6.45, 7) is 1.73. The van der Waals surface area contributed by atoms with Crippen molar-refractivity contribution in [3.05, 3.63) is 86.1 Å². The second kappa shape index (κ2) is 11.6. The van der Waals surface area contributed by atoms with Crippen LogP contribution in [0.5, 0.6) is 11.5 Å². The molecule has 0 aliphatic heterocycles. The molecule has 0 aliphatic carbocycles. The van der Waals surface area contributed by atoms with Crippen LogP contribution in [0.1, 0.15) is 16.7 Å². The summed E-state index contributed by atoms with van der Waals surface area (Å²) in [5.41, 5.74) is 3.06. The molecule has 154 valence electrons. The molecule has 29 heavy (non-hydrogen) atoms. The van der Waals surface area contributed by atoms with Gasteiger partial charge in [-0.3, -0.25) is 4.98 Å². The second-order valence-electron chi connectivity index (χ2n) is 6.10. The molecule has 0 radical (unpaired) electrons. The van der Waals surface area contributed by atoms with Gasteiger partial charge in [-0.25, -0.2) is 0 Å². The van der Waals surface area contributed by atoms with E-state index in [2.05, 4.69) is 26.2 Å².